The molecule has 0 aromatic heterocycles. The van der Waals surface area contributed by atoms with Crippen molar-refractivity contribution in [3.63, 3.8) is 0 Å². The zero-order valence-electron chi connectivity index (χ0n) is 10.8. The molecule has 1 nitrogen and oxygen atoms in total. The lowest BCUT2D eigenvalue weighted by molar-refractivity contribution is 0.448. The van der Waals surface area contributed by atoms with E-state index in [1.165, 1.54) is 6.07 Å². The summed E-state index contributed by atoms with van der Waals surface area (Å²) in [5.41, 5.74) is 0.902. The van der Waals surface area contributed by atoms with Crippen LogP contribution in [0.1, 0.15) is 18.0 Å². The average Bonchev–Trinajstić information content (AvgIpc) is 2.48. The van der Waals surface area contributed by atoms with E-state index in [0.717, 1.165) is 28.7 Å². The lowest BCUT2D eigenvalue weighted by Gasteiger charge is -2.27. The number of hydrogen-bond acceptors (Lipinski definition) is 2. The Morgan fingerprint density at radius 3 is 2.71 bits per heavy atom. The van der Waals surface area contributed by atoms with Gasteiger partial charge < -0.3 is 5.32 Å². The molecule has 0 radical (unpaired) electrons. The van der Waals surface area contributed by atoms with E-state index >= 15 is 0 Å². The van der Waals surface area contributed by atoms with Gasteiger partial charge >= 0.3 is 0 Å². The van der Waals surface area contributed by atoms with E-state index < -0.39 is 17.5 Å². The largest absolute Gasteiger partial charge is 0.376 e. The smallest absolute Gasteiger partial charge is 0.196 e. The van der Waals surface area contributed by atoms with Crippen molar-refractivity contribution >= 4 is 29.1 Å². The number of thioether (sulfide) groups is 1. The maximum absolute atomic E-state index is 13.8. The van der Waals surface area contributed by atoms with Crippen LogP contribution in [0.5, 0.6) is 0 Å². The zero-order valence-corrected chi connectivity index (χ0v) is 12.4. The SMILES string of the molecule is Fc1ccc(NC2CCSc3ccc(Cl)cc32)c(F)c1F. The second-order valence-electron chi connectivity index (χ2n) is 4.74. The van der Waals surface area contributed by atoms with Gasteiger partial charge in [-0.3, -0.25) is 0 Å². The average molecular weight is 330 g/mol. The van der Waals surface area contributed by atoms with E-state index in [1.54, 1.807) is 17.8 Å². The molecule has 0 bridgehead atoms. The van der Waals surface area contributed by atoms with Gasteiger partial charge in [0.05, 0.1) is 11.7 Å². The van der Waals surface area contributed by atoms with Gasteiger partial charge in [-0.05, 0) is 42.3 Å². The summed E-state index contributed by atoms with van der Waals surface area (Å²) in [4.78, 5) is 1.06. The molecule has 1 N–H and O–H groups in total. The van der Waals surface area contributed by atoms with Gasteiger partial charge in [0.15, 0.2) is 17.5 Å². The summed E-state index contributed by atoms with van der Waals surface area (Å²) in [6.45, 7) is 0. The Morgan fingerprint density at radius 2 is 1.90 bits per heavy atom. The Bertz CT molecular complexity index is 693. The molecule has 110 valence electrons. The predicted molar refractivity (Wildman–Crippen MR) is 79.5 cm³/mol. The van der Waals surface area contributed by atoms with Crippen LogP contribution in [-0.2, 0) is 0 Å². The number of hydrogen-bond donors (Lipinski definition) is 1. The first-order valence-corrected chi connectivity index (χ1v) is 7.75. The first-order chi connectivity index (χ1) is 10.1. The van der Waals surface area contributed by atoms with Gasteiger partial charge in [-0.15, -0.1) is 11.8 Å². The number of rotatable bonds is 2. The summed E-state index contributed by atoms with van der Waals surface area (Å²) in [6, 6.07) is 7.47. The normalized spacial score (nSPS) is 17.4. The van der Waals surface area contributed by atoms with Gasteiger partial charge in [-0.25, -0.2) is 13.2 Å². The molecular formula is C15H11ClF3NS. The van der Waals surface area contributed by atoms with Crippen LogP contribution >= 0.6 is 23.4 Å². The molecule has 0 spiro atoms. The quantitative estimate of drug-likeness (QED) is 0.740. The van der Waals surface area contributed by atoms with Crippen LogP contribution in [-0.4, -0.2) is 5.75 Å². The second-order valence-corrected chi connectivity index (χ2v) is 6.31. The molecule has 0 amide bonds. The van der Waals surface area contributed by atoms with E-state index in [0.29, 0.717) is 5.02 Å². The van der Waals surface area contributed by atoms with Gasteiger partial charge in [0.25, 0.3) is 0 Å². The molecular weight excluding hydrogens is 319 g/mol. The summed E-state index contributed by atoms with van der Waals surface area (Å²) >= 11 is 7.70. The summed E-state index contributed by atoms with van der Waals surface area (Å²) in [7, 11) is 0. The van der Waals surface area contributed by atoms with Crippen molar-refractivity contribution in [2.24, 2.45) is 0 Å². The van der Waals surface area contributed by atoms with Gasteiger partial charge in [0.1, 0.15) is 0 Å². The Kier molecular flexibility index (Phi) is 4.04. The summed E-state index contributed by atoms with van der Waals surface area (Å²) in [5.74, 6) is -2.99. The first-order valence-electron chi connectivity index (χ1n) is 6.38. The fraction of sp³-hybridized carbons (Fsp3) is 0.200. The Hall–Kier alpha value is -1.33. The van der Waals surface area contributed by atoms with Crippen LogP contribution in [0.25, 0.3) is 0 Å². The molecule has 6 heteroatoms. The first kappa shape index (κ1) is 14.6. The predicted octanol–water partition coefficient (Wildman–Crippen LogP) is 5.41. The molecule has 1 aliphatic heterocycles. The molecule has 3 rings (SSSR count). The molecule has 2 aromatic carbocycles. The molecule has 0 saturated carbocycles. The van der Waals surface area contributed by atoms with Gasteiger partial charge in [-0.2, -0.15) is 0 Å². The highest BCUT2D eigenvalue weighted by Crippen LogP contribution is 2.39. The van der Waals surface area contributed by atoms with Crippen LogP contribution in [0.15, 0.2) is 35.2 Å². The summed E-state index contributed by atoms with van der Waals surface area (Å²) in [5, 5.41) is 3.54. The second kappa shape index (κ2) is 5.81. The number of benzene rings is 2. The molecule has 2 aromatic rings. The van der Waals surface area contributed by atoms with Crippen LogP contribution in [0.4, 0.5) is 18.9 Å². The number of nitrogens with one attached hydrogen (secondary N) is 1. The van der Waals surface area contributed by atoms with Crippen molar-refractivity contribution in [1.29, 1.82) is 0 Å². The van der Waals surface area contributed by atoms with Crippen molar-refractivity contribution in [3.8, 4) is 0 Å². The third-order valence-electron chi connectivity index (χ3n) is 3.38. The number of halogens is 4. The van der Waals surface area contributed by atoms with Crippen molar-refractivity contribution in [1.82, 2.24) is 0 Å². The van der Waals surface area contributed by atoms with E-state index in [-0.39, 0.29) is 11.7 Å². The number of anilines is 1. The lowest BCUT2D eigenvalue weighted by atomic mass is 10.0. The van der Waals surface area contributed by atoms with Crippen molar-refractivity contribution in [2.75, 3.05) is 11.1 Å². The van der Waals surface area contributed by atoms with Crippen LogP contribution in [0.3, 0.4) is 0 Å². The van der Waals surface area contributed by atoms with E-state index in [2.05, 4.69) is 5.32 Å². The van der Waals surface area contributed by atoms with Crippen LogP contribution < -0.4 is 5.32 Å². The van der Waals surface area contributed by atoms with Gasteiger partial charge in [0, 0.05) is 15.7 Å². The minimum Gasteiger partial charge on any atom is -0.376 e. The van der Waals surface area contributed by atoms with Gasteiger partial charge in [0.2, 0.25) is 0 Å². The standard InChI is InChI=1S/C15H11ClF3NS/c16-8-1-4-13-9(7-8)11(5-6-21-13)20-12-3-2-10(17)14(18)15(12)19/h1-4,7,11,20H,5-6H2. The molecule has 1 unspecified atom stereocenters. The van der Waals surface area contributed by atoms with E-state index in [1.807, 2.05) is 12.1 Å². The van der Waals surface area contributed by atoms with Crippen molar-refractivity contribution in [2.45, 2.75) is 17.4 Å². The molecule has 0 saturated heterocycles. The third-order valence-corrected chi connectivity index (χ3v) is 4.73. The van der Waals surface area contributed by atoms with Crippen molar-refractivity contribution in [3.05, 3.63) is 58.4 Å². The molecule has 0 aliphatic carbocycles. The van der Waals surface area contributed by atoms with E-state index in [9.17, 15) is 13.2 Å². The van der Waals surface area contributed by atoms with Crippen LogP contribution in [0.2, 0.25) is 5.02 Å². The highest BCUT2D eigenvalue weighted by Gasteiger charge is 2.23. The Balaban J connectivity index is 1.94. The lowest BCUT2D eigenvalue weighted by Crippen LogP contribution is -2.17. The fourth-order valence-corrected chi connectivity index (χ4v) is 3.63. The highest BCUT2D eigenvalue weighted by atomic mass is 35.5. The minimum atomic E-state index is -1.46. The maximum atomic E-state index is 13.8. The molecule has 21 heavy (non-hydrogen) atoms. The summed E-state index contributed by atoms with van der Waals surface area (Å²) in [6.07, 6.45) is 0.746. The Morgan fingerprint density at radius 1 is 1.10 bits per heavy atom. The maximum Gasteiger partial charge on any atom is 0.196 e. The third kappa shape index (κ3) is 2.85. The monoisotopic (exact) mass is 329 g/mol. The van der Waals surface area contributed by atoms with Gasteiger partial charge in [-0.1, -0.05) is 11.6 Å². The zero-order chi connectivity index (χ0) is 15.0. The minimum absolute atomic E-state index is 0.0447. The number of fused-ring (bicyclic) bond motifs is 1. The molecule has 1 heterocycles. The molecule has 1 aliphatic rings. The van der Waals surface area contributed by atoms with Crippen LogP contribution in [0, 0.1) is 17.5 Å². The summed E-state index contributed by atoms with van der Waals surface area (Å²) < 4.78 is 40.0. The highest BCUT2D eigenvalue weighted by molar-refractivity contribution is 7.99. The topological polar surface area (TPSA) is 12.0 Å². The molecule has 1 atom stereocenters. The Labute approximate surface area is 129 Å². The van der Waals surface area contributed by atoms with Crippen molar-refractivity contribution < 1.29 is 13.2 Å². The molecule has 0 fully saturated rings. The fourth-order valence-electron chi connectivity index (χ4n) is 2.34. The van der Waals surface area contributed by atoms with E-state index in [4.69, 9.17) is 11.6 Å².